The zero-order valence-corrected chi connectivity index (χ0v) is 12.2. The van der Waals surface area contributed by atoms with Crippen molar-refractivity contribution >= 4 is 5.91 Å². The van der Waals surface area contributed by atoms with Crippen LogP contribution in [0.25, 0.3) is 0 Å². The van der Waals surface area contributed by atoms with Gasteiger partial charge in [0, 0.05) is 31.1 Å². The molecule has 2 rings (SSSR count). The molecule has 0 aromatic heterocycles. The summed E-state index contributed by atoms with van der Waals surface area (Å²) in [5.74, 6) is 0.448. The minimum absolute atomic E-state index is 0.205. The average Bonchev–Trinajstić information content (AvgIpc) is 2.93. The Labute approximate surface area is 117 Å². The fourth-order valence-electron chi connectivity index (χ4n) is 3.41. The molecule has 0 aliphatic heterocycles. The molecule has 0 aromatic rings. The molecule has 0 atom stereocenters. The fraction of sp³-hybridized carbons (Fsp3) is 0.933. The number of nitrogens with zero attached hydrogens (tertiary/aromatic N) is 1. The van der Waals surface area contributed by atoms with Gasteiger partial charge in [-0.05, 0) is 45.6 Å². The predicted octanol–water partition coefficient (Wildman–Crippen LogP) is 1.49. The highest BCUT2D eigenvalue weighted by atomic mass is 16.1. The van der Waals surface area contributed by atoms with Gasteiger partial charge >= 0.3 is 0 Å². The normalized spacial score (nSPS) is 28.8. The largest absolute Gasteiger partial charge is 0.355 e. The maximum Gasteiger partial charge on any atom is 0.223 e. The molecule has 0 saturated heterocycles. The maximum absolute atomic E-state index is 12.0. The number of rotatable bonds is 5. The van der Waals surface area contributed by atoms with E-state index in [9.17, 15) is 4.79 Å². The van der Waals surface area contributed by atoms with Crippen molar-refractivity contribution in [2.45, 2.75) is 63.5 Å². The highest BCUT2D eigenvalue weighted by Gasteiger charge is 2.24. The Morgan fingerprint density at radius 2 is 1.79 bits per heavy atom. The molecule has 2 fully saturated rings. The molecule has 19 heavy (non-hydrogen) atoms. The lowest BCUT2D eigenvalue weighted by molar-refractivity contribution is -0.126. The van der Waals surface area contributed by atoms with Crippen LogP contribution in [0.15, 0.2) is 0 Å². The van der Waals surface area contributed by atoms with Crippen LogP contribution in [0.4, 0.5) is 0 Å². The van der Waals surface area contributed by atoms with Crippen molar-refractivity contribution in [1.82, 2.24) is 10.2 Å². The van der Waals surface area contributed by atoms with Crippen LogP contribution in [-0.2, 0) is 4.79 Å². The number of nitrogens with two attached hydrogens (primary N) is 1. The SMILES string of the molecule is CN(CCNC(=O)C1CCC(N)CC1)C1CCCC1. The van der Waals surface area contributed by atoms with E-state index in [0.717, 1.165) is 44.8 Å². The number of carbonyl (C=O) groups is 1. The minimum atomic E-state index is 0.205. The Hall–Kier alpha value is -0.610. The van der Waals surface area contributed by atoms with Gasteiger partial charge in [0.15, 0.2) is 0 Å². The van der Waals surface area contributed by atoms with Crippen molar-refractivity contribution < 1.29 is 4.79 Å². The van der Waals surface area contributed by atoms with Crippen molar-refractivity contribution in [2.24, 2.45) is 11.7 Å². The Balaban J connectivity index is 1.60. The van der Waals surface area contributed by atoms with E-state index in [1.54, 1.807) is 0 Å². The number of hydrogen-bond acceptors (Lipinski definition) is 3. The lowest BCUT2D eigenvalue weighted by Gasteiger charge is -2.27. The third kappa shape index (κ3) is 4.46. The number of carbonyl (C=O) groups excluding carboxylic acids is 1. The van der Waals surface area contributed by atoms with E-state index in [1.165, 1.54) is 25.7 Å². The van der Waals surface area contributed by atoms with Gasteiger partial charge < -0.3 is 16.0 Å². The van der Waals surface area contributed by atoms with E-state index in [0.29, 0.717) is 6.04 Å². The first-order chi connectivity index (χ1) is 9.16. The highest BCUT2D eigenvalue weighted by Crippen LogP contribution is 2.23. The molecule has 110 valence electrons. The van der Waals surface area contributed by atoms with E-state index in [4.69, 9.17) is 5.73 Å². The van der Waals surface area contributed by atoms with Crippen LogP contribution in [0.5, 0.6) is 0 Å². The van der Waals surface area contributed by atoms with Gasteiger partial charge in [0.25, 0.3) is 0 Å². The molecule has 3 N–H and O–H groups in total. The summed E-state index contributed by atoms with van der Waals surface area (Å²) in [6.45, 7) is 1.76. The van der Waals surface area contributed by atoms with Gasteiger partial charge in [-0.2, -0.15) is 0 Å². The summed E-state index contributed by atoms with van der Waals surface area (Å²) < 4.78 is 0. The molecule has 2 aliphatic carbocycles. The summed E-state index contributed by atoms with van der Waals surface area (Å²) in [4.78, 5) is 14.4. The Bertz CT molecular complexity index is 281. The third-order valence-electron chi connectivity index (χ3n) is 4.85. The second kappa shape index (κ2) is 7.25. The highest BCUT2D eigenvalue weighted by molar-refractivity contribution is 5.78. The van der Waals surface area contributed by atoms with Crippen LogP contribution in [0, 0.1) is 5.92 Å². The Kier molecular flexibility index (Phi) is 5.64. The number of likely N-dealkylation sites (N-methyl/N-ethyl adjacent to an activating group) is 1. The third-order valence-corrected chi connectivity index (χ3v) is 4.85. The molecule has 0 bridgehead atoms. The lowest BCUT2D eigenvalue weighted by atomic mass is 9.86. The van der Waals surface area contributed by atoms with Gasteiger partial charge in [0.05, 0.1) is 0 Å². The molecule has 0 radical (unpaired) electrons. The first kappa shape index (κ1) is 14.8. The summed E-state index contributed by atoms with van der Waals surface area (Å²) in [5, 5.41) is 3.10. The molecule has 0 unspecified atom stereocenters. The van der Waals surface area contributed by atoms with Gasteiger partial charge in [-0.25, -0.2) is 0 Å². The number of nitrogens with one attached hydrogen (secondary N) is 1. The van der Waals surface area contributed by atoms with Crippen molar-refractivity contribution in [2.75, 3.05) is 20.1 Å². The van der Waals surface area contributed by atoms with Crippen LogP contribution < -0.4 is 11.1 Å². The van der Waals surface area contributed by atoms with Crippen molar-refractivity contribution in [3.8, 4) is 0 Å². The molecule has 4 nitrogen and oxygen atoms in total. The topological polar surface area (TPSA) is 58.4 Å². The molecule has 2 aliphatic rings. The fourth-order valence-corrected chi connectivity index (χ4v) is 3.41. The Morgan fingerprint density at radius 3 is 2.42 bits per heavy atom. The van der Waals surface area contributed by atoms with Crippen LogP contribution in [0.3, 0.4) is 0 Å². The van der Waals surface area contributed by atoms with Gasteiger partial charge in [-0.15, -0.1) is 0 Å². The summed E-state index contributed by atoms with van der Waals surface area (Å²) in [6, 6.07) is 1.06. The maximum atomic E-state index is 12.0. The number of amides is 1. The molecular formula is C15H29N3O. The molecule has 0 aromatic carbocycles. The van der Waals surface area contributed by atoms with E-state index >= 15 is 0 Å². The summed E-state index contributed by atoms with van der Waals surface area (Å²) in [6.07, 6.45) is 9.31. The second-order valence-corrected chi connectivity index (χ2v) is 6.32. The van der Waals surface area contributed by atoms with Crippen LogP contribution in [0.1, 0.15) is 51.4 Å². The first-order valence-electron chi connectivity index (χ1n) is 7.90. The predicted molar refractivity (Wildman–Crippen MR) is 77.8 cm³/mol. The van der Waals surface area contributed by atoms with E-state index in [-0.39, 0.29) is 11.8 Å². The zero-order chi connectivity index (χ0) is 13.7. The van der Waals surface area contributed by atoms with Crippen molar-refractivity contribution in [3.05, 3.63) is 0 Å². The average molecular weight is 267 g/mol. The van der Waals surface area contributed by atoms with E-state index < -0.39 is 0 Å². The quantitative estimate of drug-likeness (QED) is 0.793. The zero-order valence-electron chi connectivity index (χ0n) is 12.2. The molecule has 1 amide bonds. The monoisotopic (exact) mass is 267 g/mol. The minimum Gasteiger partial charge on any atom is -0.355 e. The molecule has 0 spiro atoms. The lowest BCUT2D eigenvalue weighted by Crippen LogP contribution is -2.41. The van der Waals surface area contributed by atoms with E-state index in [2.05, 4.69) is 17.3 Å². The van der Waals surface area contributed by atoms with Crippen LogP contribution in [-0.4, -0.2) is 43.0 Å². The summed E-state index contributed by atoms with van der Waals surface area (Å²) in [7, 11) is 2.18. The summed E-state index contributed by atoms with van der Waals surface area (Å²) in [5.41, 5.74) is 5.87. The molecular weight excluding hydrogens is 238 g/mol. The van der Waals surface area contributed by atoms with Crippen LogP contribution >= 0.6 is 0 Å². The van der Waals surface area contributed by atoms with Gasteiger partial charge in [-0.1, -0.05) is 12.8 Å². The second-order valence-electron chi connectivity index (χ2n) is 6.32. The van der Waals surface area contributed by atoms with Gasteiger partial charge in [0.1, 0.15) is 0 Å². The van der Waals surface area contributed by atoms with Crippen molar-refractivity contribution in [1.29, 1.82) is 0 Å². The Morgan fingerprint density at radius 1 is 1.16 bits per heavy atom. The number of hydrogen-bond donors (Lipinski definition) is 2. The smallest absolute Gasteiger partial charge is 0.223 e. The molecule has 4 heteroatoms. The molecule has 0 heterocycles. The standard InChI is InChI=1S/C15H29N3O/c1-18(14-4-2-3-5-14)11-10-17-15(19)12-6-8-13(16)9-7-12/h12-14H,2-11,16H2,1H3,(H,17,19). The summed E-state index contributed by atoms with van der Waals surface area (Å²) >= 11 is 0. The van der Waals surface area contributed by atoms with Crippen molar-refractivity contribution in [3.63, 3.8) is 0 Å². The van der Waals surface area contributed by atoms with Crippen LogP contribution in [0.2, 0.25) is 0 Å². The van der Waals surface area contributed by atoms with Gasteiger partial charge in [0.2, 0.25) is 5.91 Å². The van der Waals surface area contributed by atoms with E-state index in [1.807, 2.05) is 0 Å². The molecule has 2 saturated carbocycles. The first-order valence-corrected chi connectivity index (χ1v) is 7.90. The van der Waals surface area contributed by atoms with Gasteiger partial charge in [-0.3, -0.25) is 4.79 Å².